The Bertz CT molecular complexity index is 250. The Hall–Kier alpha value is -1.06. The van der Waals surface area contributed by atoms with Gasteiger partial charge in [-0.15, -0.1) is 0 Å². The molecule has 1 amide bonds. The third kappa shape index (κ3) is 2.94. The summed E-state index contributed by atoms with van der Waals surface area (Å²) in [4.78, 5) is 24.7. The van der Waals surface area contributed by atoms with E-state index in [1.54, 1.807) is 4.90 Å². The van der Waals surface area contributed by atoms with E-state index in [0.29, 0.717) is 19.4 Å². The first-order chi connectivity index (χ1) is 7.06. The lowest BCUT2D eigenvalue weighted by Crippen LogP contribution is -2.36. The number of likely N-dealkylation sites (tertiary alicyclic amines) is 1. The topological polar surface area (TPSA) is 46.6 Å². The molecule has 0 spiro atoms. The highest BCUT2D eigenvalue weighted by Crippen LogP contribution is 2.17. The summed E-state index contributed by atoms with van der Waals surface area (Å²) in [7, 11) is 0. The second kappa shape index (κ2) is 5.14. The summed E-state index contributed by atoms with van der Waals surface area (Å²) in [6.45, 7) is 6.54. The zero-order valence-corrected chi connectivity index (χ0v) is 9.66. The van der Waals surface area contributed by atoms with Crippen LogP contribution in [0.3, 0.4) is 0 Å². The molecule has 1 atom stereocenters. The van der Waals surface area contributed by atoms with Gasteiger partial charge >= 0.3 is 5.97 Å². The molecule has 0 aliphatic carbocycles. The van der Waals surface area contributed by atoms with Crippen molar-refractivity contribution in [1.82, 2.24) is 4.90 Å². The second-order valence-electron chi connectivity index (χ2n) is 4.14. The van der Waals surface area contributed by atoms with Gasteiger partial charge in [0.25, 0.3) is 5.91 Å². The van der Waals surface area contributed by atoms with Crippen LogP contribution in [0.5, 0.6) is 0 Å². The summed E-state index contributed by atoms with van der Waals surface area (Å²) >= 11 is 0. The van der Waals surface area contributed by atoms with Crippen molar-refractivity contribution in [3.63, 3.8) is 0 Å². The average Bonchev–Trinajstić information content (AvgIpc) is 2.48. The van der Waals surface area contributed by atoms with Crippen molar-refractivity contribution in [2.45, 2.75) is 52.2 Å². The zero-order valence-electron chi connectivity index (χ0n) is 9.66. The highest BCUT2D eigenvalue weighted by atomic mass is 16.5. The standard InChI is InChI=1S/C11H19NO3/c1-4-5-10(13)15-9-6-7-12(8(2)3)11(9)14/h8-9H,4-7H2,1-3H3. The Kier molecular flexibility index (Phi) is 4.12. The van der Waals surface area contributed by atoms with Crippen molar-refractivity contribution >= 4 is 11.9 Å². The molecule has 86 valence electrons. The Balaban J connectivity index is 2.46. The molecular formula is C11H19NO3. The number of amides is 1. The van der Waals surface area contributed by atoms with Gasteiger partial charge in [-0.3, -0.25) is 9.59 Å². The van der Waals surface area contributed by atoms with Crippen LogP contribution < -0.4 is 0 Å². The number of carbonyl (C=O) groups is 2. The van der Waals surface area contributed by atoms with Gasteiger partial charge in [0.05, 0.1) is 0 Å². The molecule has 0 aromatic carbocycles. The lowest BCUT2D eigenvalue weighted by Gasteiger charge is -2.20. The molecule has 0 radical (unpaired) electrons. The first-order valence-corrected chi connectivity index (χ1v) is 5.56. The monoisotopic (exact) mass is 213 g/mol. The molecule has 0 N–H and O–H groups in total. The fraction of sp³-hybridized carbons (Fsp3) is 0.818. The van der Waals surface area contributed by atoms with Gasteiger partial charge in [0.2, 0.25) is 0 Å². The first kappa shape index (κ1) is 12.0. The van der Waals surface area contributed by atoms with E-state index in [1.165, 1.54) is 0 Å². The van der Waals surface area contributed by atoms with Gasteiger partial charge in [-0.1, -0.05) is 6.92 Å². The van der Waals surface area contributed by atoms with E-state index < -0.39 is 6.10 Å². The number of hydrogen-bond acceptors (Lipinski definition) is 3. The number of carbonyl (C=O) groups excluding carboxylic acids is 2. The summed E-state index contributed by atoms with van der Waals surface area (Å²) in [6, 6.07) is 0.187. The second-order valence-corrected chi connectivity index (χ2v) is 4.14. The van der Waals surface area contributed by atoms with Crippen LogP contribution in [0.2, 0.25) is 0 Å². The van der Waals surface area contributed by atoms with E-state index in [2.05, 4.69) is 0 Å². The Morgan fingerprint density at radius 1 is 1.60 bits per heavy atom. The van der Waals surface area contributed by atoms with E-state index in [9.17, 15) is 9.59 Å². The SMILES string of the molecule is CCCC(=O)OC1CCN(C(C)C)C1=O. The van der Waals surface area contributed by atoms with Crippen molar-refractivity contribution in [3.05, 3.63) is 0 Å². The summed E-state index contributed by atoms with van der Waals surface area (Å²) < 4.78 is 5.11. The third-order valence-corrected chi connectivity index (χ3v) is 2.54. The van der Waals surface area contributed by atoms with E-state index in [1.807, 2.05) is 20.8 Å². The van der Waals surface area contributed by atoms with Gasteiger partial charge in [0, 0.05) is 25.4 Å². The average molecular weight is 213 g/mol. The predicted molar refractivity (Wildman–Crippen MR) is 56.3 cm³/mol. The zero-order chi connectivity index (χ0) is 11.4. The van der Waals surface area contributed by atoms with Gasteiger partial charge in [0.1, 0.15) is 0 Å². The van der Waals surface area contributed by atoms with Crippen molar-refractivity contribution in [1.29, 1.82) is 0 Å². The maximum Gasteiger partial charge on any atom is 0.306 e. The molecule has 4 heteroatoms. The quantitative estimate of drug-likeness (QED) is 0.662. The molecule has 1 heterocycles. The summed E-state index contributed by atoms with van der Waals surface area (Å²) in [5.41, 5.74) is 0. The molecule has 1 fully saturated rings. The van der Waals surface area contributed by atoms with Gasteiger partial charge in [-0.05, 0) is 20.3 Å². The largest absolute Gasteiger partial charge is 0.452 e. The molecule has 1 saturated heterocycles. The predicted octanol–water partition coefficient (Wildman–Crippen LogP) is 1.34. The fourth-order valence-corrected chi connectivity index (χ4v) is 1.72. The maximum absolute atomic E-state index is 11.7. The van der Waals surface area contributed by atoms with Crippen molar-refractivity contribution in [2.24, 2.45) is 0 Å². The highest BCUT2D eigenvalue weighted by Gasteiger charge is 2.35. The fourth-order valence-electron chi connectivity index (χ4n) is 1.72. The van der Waals surface area contributed by atoms with Crippen LogP contribution in [0, 0.1) is 0 Å². The molecule has 4 nitrogen and oxygen atoms in total. The van der Waals surface area contributed by atoms with E-state index in [0.717, 1.165) is 6.42 Å². The van der Waals surface area contributed by atoms with Crippen LogP contribution >= 0.6 is 0 Å². The van der Waals surface area contributed by atoms with Crippen LogP contribution in [0.15, 0.2) is 0 Å². The number of esters is 1. The summed E-state index contributed by atoms with van der Waals surface area (Å²) in [5.74, 6) is -0.309. The van der Waals surface area contributed by atoms with Crippen LogP contribution in [0.1, 0.15) is 40.0 Å². The van der Waals surface area contributed by atoms with Gasteiger partial charge in [-0.2, -0.15) is 0 Å². The van der Waals surface area contributed by atoms with Gasteiger partial charge in [0.15, 0.2) is 6.10 Å². The molecule has 1 aliphatic rings. The minimum Gasteiger partial charge on any atom is -0.452 e. The first-order valence-electron chi connectivity index (χ1n) is 5.56. The molecule has 1 aliphatic heterocycles. The van der Waals surface area contributed by atoms with Crippen molar-refractivity contribution in [3.8, 4) is 0 Å². The normalized spacial score (nSPS) is 21.2. The van der Waals surface area contributed by atoms with E-state index in [-0.39, 0.29) is 17.9 Å². The third-order valence-electron chi connectivity index (χ3n) is 2.54. The molecule has 0 bridgehead atoms. The smallest absolute Gasteiger partial charge is 0.306 e. The molecule has 0 aromatic rings. The highest BCUT2D eigenvalue weighted by molar-refractivity contribution is 5.85. The lowest BCUT2D eigenvalue weighted by atomic mass is 10.3. The van der Waals surface area contributed by atoms with Crippen LogP contribution in [-0.4, -0.2) is 35.5 Å². The molecule has 15 heavy (non-hydrogen) atoms. The maximum atomic E-state index is 11.7. The molecular weight excluding hydrogens is 194 g/mol. The van der Waals surface area contributed by atoms with Crippen molar-refractivity contribution in [2.75, 3.05) is 6.54 Å². The minimum atomic E-state index is -0.536. The van der Waals surface area contributed by atoms with Crippen molar-refractivity contribution < 1.29 is 14.3 Å². The number of nitrogens with zero attached hydrogens (tertiary/aromatic N) is 1. The molecule has 0 saturated carbocycles. The summed E-state index contributed by atoms with van der Waals surface area (Å²) in [5, 5.41) is 0. The Morgan fingerprint density at radius 2 is 2.27 bits per heavy atom. The Labute approximate surface area is 90.6 Å². The Morgan fingerprint density at radius 3 is 2.73 bits per heavy atom. The summed E-state index contributed by atoms with van der Waals surface area (Å²) in [6.07, 6.45) is 1.25. The van der Waals surface area contributed by atoms with Crippen LogP contribution in [-0.2, 0) is 14.3 Å². The van der Waals surface area contributed by atoms with E-state index >= 15 is 0 Å². The number of ether oxygens (including phenoxy) is 1. The minimum absolute atomic E-state index is 0.0468. The van der Waals surface area contributed by atoms with E-state index in [4.69, 9.17) is 4.74 Å². The molecule has 1 unspecified atom stereocenters. The van der Waals surface area contributed by atoms with Gasteiger partial charge < -0.3 is 9.64 Å². The lowest BCUT2D eigenvalue weighted by molar-refractivity contribution is -0.156. The van der Waals surface area contributed by atoms with Crippen LogP contribution in [0.25, 0.3) is 0 Å². The molecule has 0 aromatic heterocycles. The van der Waals surface area contributed by atoms with Gasteiger partial charge in [-0.25, -0.2) is 0 Å². The number of hydrogen-bond donors (Lipinski definition) is 0. The number of rotatable bonds is 4. The van der Waals surface area contributed by atoms with Crippen LogP contribution in [0.4, 0.5) is 0 Å². The molecule has 1 rings (SSSR count).